The Bertz CT molecular complexity index is 1980. The van der Waals surface area contributed by atoms with Crippen LogP contribution in [0.25, 0.3) is 0 Å². The fourth-order valence-electron chi connectivity index (χ4n) is 13.0. The standard InChI is InChI=1S/C84H164O17P2/c1-7-11-13-15-17-19-20-21-26-34-39-44-50-56-62-68-83(88)100-79(72-94-81(86)66-60-54-48-18-16-14-12-8-2)74-98-102(90,91)96-70-78(85)71-97-103(92,93)99-75-80(73-95-82(87)67-61-55-49-43-38-33-30-29-32-37-42-47-53-59-65-77(6)10-4)101-84(89)69-63-57-51-45-40-35-28-25-23-22-24-27-31-36-41-46-52-58-64-76(5)9-3/h76-80,85H,7-75H2,1-6H3,(H,90,91)(H,92,93)/t76?,77?,78-,79+,80+/m0/s1. The second-order valence-electron chi connectivity index (χ2n) is 30.7. The van der Waals surface area contributed by atoms with Gasteiger partial charge in [0.25, 0.3) is 0 Å². The quantitative estimate of drug-likeness (QED) is 0.0222. The van der Waals surface area contributed by atoms with Crippen molar-refractivity contribution in [2.45, 2.75) is 464 Å². The van der Waals surface area contributed by atoms with Crippen LogP contribution in [0.2, 0.25) is 0 Å². The van der Waals surface area contributed by atoms with Gasteiger partial charge in [0.2, 0.25) is 0 Å². The zero-order valence-corrected chi connectivity index (χ0v) is 69.4. The van der Waals surface area contributed by atoms with E-state index < -0.39 is 97.5 Å². The van der Waals surface area contributed by atoms with Crippen molar-refractivity contribution in [3.05, 3.63) is 0 Å². The number of phosphoric acid groups is 2. The van der Waals surface area contributed by atoms with Gasteiger partial charge in [0.05, 0.1) is 26.4 Å². The summed E-state index contributed by atoms with van der Waals surface area (Å²) in [7, 11) is -9.92. The van der Waals surface area contributed by atoms with E-state index in [9.17, 15) is 43.2 Å². The van der Waals surface area contributed by atoms with Crippen molar-refractivity contribution >= 4 is 39.5 Å². The maximum Gasteiger partial charge on any atom is 0.472 e. The third-order valence-corrected chi connectivity index (χ3v) is 22.3. The topological polar surface area (TPSA) is 237 Å². The molecule has 0 bridgehead atoms. The summed E-state index contributed by atoms with van der Waals surface area (Å²) in [6.45, 7) is 9.75. The number of ether oxygens (including phenoxy) is 4. The first-order valence-electron chi connectivity index (χ1n) is 43.6. The van der Waals surface area contributed by atoms with Crippen LogP contribution < -0.4 is 0 Å². The molecular formula is C84H164O17P2. The molecule has 19 heteroatoms. The van der Waals surface area contributed by atoms with E-state index in [4.69, 9.17) is 37.0 Å². The number of hydrogen-bond acceptors (Lipinski definition) is 15. The number of aliphatic hydroxyl groups excluding tert-OH is 1. The molecule has 612 valence electrons. The van der Waals surface area contributed by atoms with E-state index in [-0.39, 0.29) is 25.7 Å². The Kier molecular flexibility index (Phi) is 74.1. The van der Waals surface area contributed by atoms with Crippen LogP contribution in [0.1, 0.15) is 446 Å². The van der Waals surface area contributed by atoms with Gasteiger partial charge < -0.3 is 33.8 Å². The van der Waals surface area contributed by atoms with Gasteiger partial charge in [0, 0.05) is 25.7 Å². The van der Waals surface area contributed by atoms with Gasteiger partial charge in [-0.3, -0.25) is 37.3 Å². The van der Waals surface area contributed by atoms with Crippen LogP contribution in [-0.2, 0) is 65.4 Å². The lowest BCUT2D eigenvalue weighted by molar-refractivity contribution is -0.161. The second-order valence-corrected chi connectivity index (χ2v) is 33.6. The molecule has 4 unspecified atom stereocenters. The van der Waals surface area contributed by atoms with Gasteiger partial charge in [0.15, 0.2) is 12.2 Å². The number of aliphatic hydroxyl groups is 1. The Morgan fingerprint density at radius 3 is 0.689 bits per heavy atom. The molecule has 0 aromatic carbocycles. The lowest BCUT2D eigenvalue weighted by Gasteiger charge is -2.21. The van der Waals surface area contributed by atoms with Crippen LogP contribution in [0, 0.1) is 11.8 Å². The Hall–Kier alpha value is -1.94. The number of esters is 4. The van der Waals surface area contributed by atoms with Gasteiger partial charge >= 0.3 is 39.5 Å². The van der Waals surface area contributed by atoms with Crippen LogP contribution in [0.15, 0.2) is 0 Å². The van der Waals surface area contributed by atoms with E-state index in [1.54, 1.807) is 0 Å². The molecule has 0 radical (unpaired) electrons. The summed E-state index contributed by atoms with van der Waals surface area (Å²) in [5.74, 6) is -0.385. The summed E-state index contributed by atoms with van der Waals surface area (Å²) in [6.07, 6.45) is 66.6. The van der Waals surface area contributed by atoms with Crippen molar-refractivity contribution in [3.8, 4) is 0 Å². The Balaban J connectivity index is 5.19. The van der Waals surface area contributed by atoms with Gasteiger partial charge in [0.1, 0.15) is 19.3 Å². The molecular weight excluding hydrogens is 1340 g/mol. The van der Waals surface area contributed by atoms with Crippen molar-refractivity contribution in [2.24, 2.45) is 11.8 Å². The van der Waals surface area contributed by atoms with E-state index in [2.05, 4.69) is 41.5 Å². The number of rotatable bonds is 83. The van der Waals surface area contributed by atoms with E-state index in [0.29, 0.717) is 25.7 Å². The smallest absolute Gasteiger partial charge is 0.462 e. The van der Waals surface area contributed by atoms with Crippen LogP contribution in [-0.4, -0.2) is 96.7 Å². The van der Waals surface area contributed by atoms with Gasteiger partial charge in [-0.2, -0.15) is 0 Å². The molecule has 0 saturated heterocycles. The molecule has 0 fully saturated rings. The first-order valence-corrected chi connectivity index (χ1v) is 46.6. The molecule has 103 heavy (non-hydrogen) atoms. The van der Waals surface area contributed by atoms with Crippen LogP contribution in [0.4, 0.5) is 0 Å². The Morgan fingerprint density at radius 2 is 0.466 bits per heavy atom. The predicted octanol–water partition coefficient (Wildman–Crippen LogP) is 25.5. The monoisotopic (exact) mass is 1510 g/mol. The van der Waals surface area contributed by atoms with E-state index in [0.717, 1.165) is 108 Å². The fraction of sp³-hybridized carbons (Fsp3) is 0.952. The third kappa shape index (κ3) is 75.3. The summed E-state index contributed by atoms with van der Waals surface area (Å²) in [5.41, 5.74) is 0. The Morgan fingerprint density at radius 1 is 0.272 bits per heavy atom. The van der Waals surface area contributed by atoms with Gasteiger partial charge in [-0.15, -0.1) is 0 Å². The highest BCUT2D eigenvalue weighted by Gasteiger charge is 2.30. The normalized spacial score (nSPS) is 14.4. The molecule has 0 aliphatic heterocycles. The second kappa shape index (κ2) is 75.5. The molecule has 0 heterocycles. The molecule has 0 aromatic heterocycles. The van der Waals surface area contributed by atoms with E-state index >= 15 is 0 Å². The lowest BCUT2D eigenvalue weighted by Crippen LogP contribution is -2.30. The molecule has 3 N–H and O–H groups in total. The molecule has 7 atom stereocenters. The first-order chi connectivity index (χ1) is 49.9. The maximum absolute atomic E-state index is 13.1. The summed E-state index contributed by atoms with van der Waals surface area (Å²) < 4.78 is 68.7. The number of carbonyl (C=O) groups is 4. The van der Waals surface area contributed by atoms with Gasteiger partial charge in [-0.25, -0.2) is 9.13 Å². The molecule has 0 aliphatic rings. The SMILES string of the molecule is CCCCCCCCCCCCCCCCCC(=O)O[C@H](COC(=O)CCCCCCCCCC)COP(=O)(O)OC[C@H](O)COP(=O)(O)OC[C@@H](COC(=O)CCCCCCCCCCCCCCCCC(C)CC)OC(=O)CCCCCCCCCCCCCCCCCCCCC(C)CC. The number of phosphoric ester groups is 2. The minimum absolute atomic E-state index is 0.108. The lowest BCUT2D eigenvalue weighted by atomic mass is 9.99. The predicted molar refractivity (Wildman–Crippen MR) is 423 cm³/mol. The molecule has 0 rings (SSSR count). The number of hydrogen-bond donors (Lipinski definition) is 3. The van der Waals surface area contributed by atoms with Crippen LogP contribution >= 0.6 is 15.6 Å². The Labute approximate surface area is 632 Å². The molecule has 0 aromatic rings. The summed E-state index contributed by atoms with van der Waals surface area (Å²) >= 11 is 0. The highest BCUT2D eigenvalue weighted by molar-refractivity contribution is 7.47. The van der Waals surface area contributed by atoms with Crippen molar-refractivity contribution in [1.29, 1.82) is 0 Å². The molecule has 0 aliphatic carbocycles. The first kappa shape index (κ1) is 101. The summed E-state index contributed by atoms with van der Waals surface area (Å²) in [5, 5.41) is 10.6. The minimum Gasteiger partial charge on any atom is -0.462 e. The summed E-state index contributed by atoms with van der Waals surface area (Å²) in [6, 6.07) is 0. The molecule has 0 saturated carbocycles. The molecule has 17 nitrogen and oxygen atoms in total. The van der Waals surface area contributed by atoms with E-state index in [1.807, 2.05) is 0 Å². The van der Waals surface area contributed by atoms with Gasteiger partial charge in [-0.05, 0) is 37.5 Å². The molecule has 0 amide bonds. The number of carbonyl (C=O) groups excluding carboxylic acids is 4. The van der Waals surface area contributed by atoms with E-state index in [1.165, 1.54) is 257 Å². The van der Waals surface area contributed by atoms with Crippen LogP contribution in [0.3, 0.4) is 0 Å². The fourth-order valence-corrected chi connectivity index (χ4v) is 14.6. The third-order valence-electron chi connectivity index (χ3n) is 20.4. The average Bonchev–Trinajstić information content (AvgIpc) is 1.05. The van der Waals surface area contributed by atoms with Crippen molar-refractivity contribution in [2.75, 3.05) is 39.6 Å². The highest BCUT2D eigenvalue weighted by Crippen LogP contribution is 2.45. The minimum atomic E-state index is -4.96. The largest absolute Gasteiger partial charge is 0.472 e. The van der Waals surface area contributed by atoms with Crippen molar-refractivity contribution < 1.29 is 80.2 Å². The highest BCUT2D eigenvalue weighted by atomic mass is 31.2. The number of unbranched alkanes of at least 4 members (excludes halogenated alkanes) is 51. The van der Waals surface area contributed by atoms with Crippen molar-refractivity contribution in [1.82, 2.24) is 0 Å². The summed E-state index contributed by atoms with van der Waals surface area (Å²) in [4.78, 5) is 73.0. The van der Waals surface area contributed by atoms with Gasteiger partial charge in [-0.1, -0.05) is 395 Å². The zero-order valence-electron chi connectivity index (χ0n) is 67.6. The molecule has 0 spiro atoms. The van der Waals surface area contributed by atoms with Crippen molar-refractivity contribution in [3.63, 3.8) is 0 Å². The van der Waals surface area contributed by atoms with Crippen LogP contribution in [0.5, 0.6) is 0 Å². The average molecular weight is 1510 g/mol. The zero-order chi connectivity index (χ0) is 75.6. The maximum atomic E-state index is 13.1.